The maximum Gasteiger partial charge on any atom is 0.434 e. The van der Waals surface area contributed by atoms with Gasteiger partial charge < -0.3 is 19.6 Å². The summed E-state index contributed by atoms with van der Waals surface area (Å²) in [6, 6.07) is 15.6. The van der Waals surface area contributed by atoms with Gasteiger partial charge in [0.2, 0.25) is 0 Å². The Bertz CT molecular complexity index is 1630. The summed E-state index contributed by atoms with van der Waals surface area (Å²) in [4.78, 5) is 14.3. The number of aliphatic imine (C=N–C) groups is 1. The van der Waals surface area contributed by atoms with Crippen LogP contribution in [0, 0.1) is 0 Å². The molecule has 2 aromatic heterocycles. The van der Waals surface area contributed by atoms with Crippen LogP contribution in [0.4, 0.5) is 5.69 Å². The SMILES string of the molecule is CC(C)S(=O)(=O)c1ccc(-c2cnc(C3(/N=C4\BO4)BO3)c(-c3cc(-c4ccc(N)cc4)no3)n2)cc1. The molecule has 0 aliphatic carbocycles. The molecule has 2 N–H and O–H groups in total. The van der Waals surface area contributed by atoms with Crippen LogP contribution in [0.3, 0.4) is 0 Å². The van der Waals surface area contributed by atoms with Gasteiger partial charge in [-0.05, 0) is 38.1 Å². The fourth-order valence-electron chi connectivity index (χ4n) is 3.87. The Morgan fingerprint density at radius 1 is 1.03 bits per heavy atom. The minimum absolute atomic E-state index is 0.255. The lowest BCUT2D eigenvalue weighted by molar-refractivity contribution is 0.326. The second kappa shape index (κ2) is 8.56. The number of nitrogen functional groups attached to an aromatic ring is 1. The number of benzene rings is 2. The molecule has 4 aromatic rings. The smallest absolute Gasteiger partial charge is 0.434 e. The molecule has 0 amide bonds. The molecule has 2 aromatic carbocycles. The van der Waals surface area contributed by atoms with Crippen LogP contribution >= 0.6 is 0 Å². The predicted molar refractivity (Wildman–Crippen MR) is 141 cm³/mol. The topological polar surface area (TPSA) is 149 Å². The number of hydrogen-bond acceptors (Lipinski definition) is 10. The van der Waals surface area contributed by atoms with Crippen molar-refractivity contribution in [2.24, 2.45) is 4.99 Å². The molecular weight excluding hydrogens is 492 g/mol. The van der Waals surface area contributed by atoms with Crippen molar-refractivity contribution in [2.45, 2.75) is 29.6 Å². The van der Waals surface area contributed by atoms with Gasteiger partial charge in [0.1, 0.15) is 17.1 Å². The lowest BCUT2D eigenvalue weighted by Gasteiger charge is -2.12. The van der Waals surface area contributed by atoms with Gasteiger partial charge in [-0.1, -0.05) is 29.4 Å². The van der Waals surface area contributed by atoms with E-state index in [0.717, 1.165) is 5.56 Å². The number of rotatable bonds is 7. The van der Waals surface area contributed by atoms with Crippen LogP contribution in [0.1, 0.15) is 19.5 Å². The van der Waals surface area contributed by atoms with E-state index in [9.17, 15) is 8.42 Å². The highest BCUT2D eigenvalue weighted by atomic mass is 32.2. The van der Waals surface area contributed by atoms with Gasteiger partial charge in [0.25, 0.3) is 0 Å². The normalized spacial score (nSPS) is 19.3. The molecule has 10 nitrogen and oxygen atoms in total. The second-order valence-corrected chi connectivity index (χ2v) is 11.6. The minimum atomic E-state index is -3.39. The number of nitrogens with two attached hydrogens (primary N) is 1. The highest BCUT2D eigenvalue weighted by molar-refractivity contribution is 7.92. The summed E-state index contributed by atoms with van der Waals surface area (Å²) in [7, 11) is -2.59. The van der Waals surface area contributed by atoms with E-state index in [1.165, 1.54) is 0 Å². The van der Waals surface area contributed by atoms with E-state index in [1.807, 2.05) is 12.1 Å². The van der Waals surface area contributed by atoms with Crippen LogP contribution in [-0.4, -0.2) is 49.6 Å². The standard InChI is InChI=1S/C24H21B2N5O5S/c1-13(2)37(32,33)17-9-5-15(6-10-17)19-12-28-22(24(26-36-24)30-23-25-34-23)21(29-19)20-11-18(31-35-20)14-3-7-16(27)8-4-14/h3-13,25-26H,27H2,1-2H3/b30-23+. The molecule has 37 heavy (non-hydrogen) atoms. The molecule has 2 saturated heterocycles. The second-order valence-electron chi connectivity index (χ2n) is 9.14. The molecule has 0 bridgehead atoms. The van der Waals surface area contributed by atoms with E-state index in [0.29, 0.717) is 60.5 Å². The first-order chi connectivity index (χ1) is 17.7. The van der Waals surface area contributed by atoms with Crippen molar-refractivity contribution in [3.05, 3.63) is 66.5 Å². The number of sulfone groups is 1. The maximum absolute atomic E-state index is 12.5. The number of aromatic nitrogens is 3. The molecule has 2 fully saturated rings. The van der Waals surface area contributed by atoms with Crippen LogP contribution in [0.15, 0.2) is 75.2 Å². The molecule has 1 unspecified atom stereocenters. The minimum Gasteiger partial charge on any atom is -0.549 e. The first-order valence-electron chi connectivity index (χ1n) is 11.7. The average Bonchev–Trinajstić information content (AvgIpc) is 3.83. The Labute approximate surface area is 214 Å². The lowest BCUT2D eigenvalue weighted by atomic mass is 9.91. The van der Waals surface area contributed by atoms with Gasteiger partial charge >= 0.3 is 15.0 Å². The van der Waals surface area contributed by atoms with Crippen molar-refractivity contribution in [3.8, 4) is 34.0 Å². The summed E-state index contributed by atoms with van der Waals surface area (Å²) < 4.78 is 41.7. The van der Waals surface area contributed by atoms with E-state index in [4.69, 9.17) is 24.5 Å². The van der Waals surface area contributed by atoms with Gasteiger partial charge in [-0.2, -0.15) is 0 Å². The van der Waals surface area contributed by atoms with Crippen molar-refractivity contribution in [1.29, 1.82) is 0 Å². The van der Waals surface area contributed by atoms with E-state index in [-0.39, 0.29) is 4.90 Å². The summed E-state index contributed by atoms with van der Waals surface area (Å²) in [5.41, 5.74) is 9.05. The average molecular weight is 513 g/mol. The van der Waals surface area contributed by atoms with Gasteiger partial charge in [-0.15, -0.1) is 0 Å². The van der Waals surface area contributed by atoms with Crippen LogP contribution in [0.2, 0.25) is 0 Å². The fraction of sp³-hybridized carbons (Fsp3) is 0.167. The van der Waals surface area contributed by atoms with E-state index in [2.05, 4.69) is 15.1 Å². The molecule has 184 valence electrons. The zero-order valence-electron chi connectivity index (χ0n) is 20.1. The van der Waals surface area contributed by atoms with Crippen LogP contribution in [0.25, 0.3) is 34.0 Å². The van der Waals surface area contributed by atoms with Gasteiger partial charge in [0, 0.05) is 22.9 Å². The van der Waals surface area contributed by atoms with Crippen LogP contribution in [-0.2, 0) is 24.8 Å². The van der Waals surface area contributed by atoms with E-state index >= 15 is 0 Å². The lowest BCUT2D eigenvalue weighted by Crippen LogP contribution is -2.14. The third-order valence-electron chi connectivity index (χ3n) is 6.19. The molecule has 0 saturated carbocycles. The van der Waals surface area contributed by atoms with Gasteiger partial charge in [0.05, 0.1) is 22.0 Å². The van der Waals surface area contributed by atoms with Crippen LogP contribution in [0.5, 0.6) is 0 Å². The van der Waals surface area contributed by atoms with Crippen molar-refractivity contribution < 1.29 is 22.2 Å². The third kappa shape index (κ3) is 4.40. The molecule has 1 atom stereocenters. The molecule has 2 aliphatic heterocycles. The molecular formula is C24H21B2N5O5S. The summed E-state index contributed by atoms with van der Waals surface area (Å²) >= 11 is 0. The predicted octanol–water partition coefficient (Wildman–Crippen LogP) is 2.46. The Kier molecular flexibility index (Phi) is 5.42. The highest BCUT2D eigenvalue weighted by Gasteiger charge is 2.54. The zero-order valence-corrected chi connectivity index (χ0v) is 20.9. The van der Waals surface area contributed by atoms with Crippen molar-refractivity contribution >= 4 is 36.3 Å². The van der Waals surface area contributed by atoms with Gasteiger partial charge in [0.15, 0.2) is 27.0 Å². The summed E-state index contributed by atoms with van der Waals surface area (Å²) in [5.74, 6) is 0.985. The first-order valence-corrected chi connectivity index (χ1v) is 13.2. The number of nitrogens with zero attached hydrogens (tertiary/aromatic N) is 4. The molecule has 4 heterocycles. The summed E-state index contributed by atoms with van der Waals surface area (Å²) in [5, 5.41) is 3.70. The Hall–Kier alpha value is -3.96. The molecule has 0 radical (unpaired) electrons. The third-order valence-corrected chi connectivity index (χ3v) is 8.36. The van der Waals surface area contributed by atoms with E-state index < -0.39 is 20.7 Å². The largest absolute Gasteiger partial charge is 0.549 e. The number of hydrogen-bond donors (Lipinski definition) is 1. The van der Waals surface area contributed by atoms with Crippen molar-refractivity contribution in [2.75, 3.05) is 5.73 Å². The van der Waals surface area contributed by atoms with Crippen molar-refractivity contribution in [3.63, 3.8) is 0 Å². The maximum atomic E-state index is 12.5. The molecule has 6 rings (SSSR count). The van der Waals surface area contributed by atoms with E-state index in [1.54, 1.807) is 62.5 Å². The molecule has 13 heteroatoms. The van der Waals surface area contributed by atoms with Crippen LogP contribution < -0.4 is 5.73 Å². The summed E-state index contributed by atoms with van der Waals surface area (Å²) in [6.45, 7) is 3.31. The Balaban J connectivity index is 1.43. The molecule has 0 spiro atoms. The number of anilines is 1. The Morgan fingerprint density at radius 3 is 2.30 bits per heavy atom. The highest BCUT2D eigenvalue weighted by Crippen LogP contribution is 2.43. The molecule has 2 aliphatic rings. The van der Waals surface area contributed by atoms with Gasteiger partial charge in [-0.3, -0.25) is 4.98 Å². The Morgan fingerprint density at radius 2 is 1.68 bits per heavy atom. The first kappa shape index (κ1) is 23.4. The van der Waals surface area contributed by atoms with Crippen molar-refractivity contribution in [1.82, 2.24) is 15.1 Å². The van der Waals surface area contributed by atoms with Gasteiger partial charge in [-0.25, -0.2) is 18.4 Å². The zero-order chi connectivity index (χ0) is 25.8. The fourth-order valence-corrected chi connectivity index (χ4v) is 4.93. The monoisotopic (exact) mass is 513 g/mol. The summed E-state index contributed by atoms with van der Waals surface area (Å²) in [6.07, 6.45) is 1.61. The quantitative estimate of drug-likeness (QED) is 0.223.